The van der Waals surface area contributed by atoms with Gasteiger partial charge in [0, 0.05) is 32.9 Å². The van der Waals surface area contributed by atoms with Crippen molar-refractivity contribution in [3.05, 3.63) is 34.7 Å². The second-order valence-electron chi connectivity index (χ2n) is 6.20. The van der Waals surface area contributed by atoms with Gasteiger partial charge in [-0.1, -0.05) is 25.0 Å². The molecular weight excluding hydrogens is 306 g/mol. The number of anilines is 1. The van der Waals surface area contributed by atoms with Crippen LogP contribution >= 0.6 is 11.8 Å². The largest absolute Gasteiger partial charge is 0.378 e. The van der Waals surface area contributed by atoms with E-state index in [9.17, 15) is 4.79 Å². The standard InChI is InChI=1S/C18H23N3OS/c1-20(2)15-9-7-14(8-10-15)13-16-17(22)19-18(23-16)21-11-5-3-4-6-12-21/h7-10,13H,3-6,11-12H2,1-2H3/b16-13+. The van der Waals surface area contributed by atoms with Gasteiger partial charge in [-0.25, -0.2) is 0 Å². The van der Waals surface area contributed by atoms with Crippen molar-refractivity contribution in [2.24, 2.45) is 4.99 Å². The van der Waals surface area contributed by atoms with Crippen molar-refractivity contribution >= 4 is 34.6 Å². The molecule has 5 heteroatoms. The Balaban J connectivity index is 1.71. The summed E-state index contributed by atoms with van der Waals surface area (Å²) in [6.07, 6.45) is 6.89. The fraction of sp³-hybridized carbons (Fsp3) is 0.444. The van der Waals surface area contributed by atoms with E-state index in [0.29, 0.717) is 0 Å². The zero-order chi connectivity index (χ0) is 16.2. The first-order valence-electron chi connectivity index (χ1n) is 8.18. The van der Waals surface area contributed by atoms with Crippen LogP contribution in [-0.4, -0.2) is 43.2 Å². The highest BCUT2D eigenvalue weighted by Gasteiger charge is 2.26. The molecule has 4 nitrogen and oxygen atoms in total. The molecule has 0 atom stereocenters. The van der Waals surface area contributed by atoms with Gasteiger partial charge in [0.15, 0.2) is 5.17 Å². The summed E-state index contributed by atoms with van der Waals surface area (Å²) in [7, 11) is 4.04. The van der Waals surface area contributed by atoms with Crippen LogP contribution in [0.5, 0.6) is 0 Å². The van der Waals surface area contributed by atoms with Gasteiger partial charge in [0.1, 0.15) is 0 Å². The minimum absolute atomic E-state index is 0.106. The van der Waals surface area contributed by atoms with Crippen LogP contribution in [0.2, 0.25) is 0 Å². The molecule has 122 valence electrons. The van der Waals surface area contributed by atoms with Crippen LogP contribution in [0.15, 0.2) is 34.2 Å². The lowest BCUT2D eigenvalue weighted by Gasteiger charge is -2.20. The van der Waals surface area contributed by atoms with E-state index in [2.05, 4.69) is 26.9 Å². The Hall–Kier alpha value is -1.75. The van der Waals surface area contributed by atoms with Crippen LogP contribution in [0.25, 0.3) is 6.08 Å². The monoisotopic (exact) mass is 329 g/mol. The first-order valence-corrected chi connectivity index (χ1v) is 9.00. The third kappa shape index (κ3) is 3.96. The summed E-state index contributed by atoms with van der Waals surface area (Å²) < 4.78 is 0. The molecular formula is C18H23N3OS. The minimum Gasteiger partial charge on any atom is -0.378 e. The van der Waals surface area contributed by atoms with Crippen molar-refractivity contribution in [3.63, 3.8) is 0 Å². The third-order valence-electron chi connectivity index (χ3n) is 4.19. The number of likely N-dealkylation sites (tertiary alicyclic amines) is 1. The third-order valence-corrected chi connectivity index (χ3v) is 5.24. The molecule has 0 aromatic heterocycles. The van der Waals surface area contributed by atoms with Gasteiger partial charge in [-0.2, -0.15) is 4.99 Å². The maximum atomic E-state index is 12.2. The van der Waals surface area contributed by atoms with Gasteiger partial charge in [-0.3, -0.25) is 4.79 Å². The van der Waals surface area contributed by atoms with E-state index in [1.54, 1.807) is 0 Å². The van der Waals surface area contributed by atoms with Crippen LogP contribution in [0.1, 0.15) is 31.2 Å². The zero-order valence-corrected chi connectivity index (χ0v) is 14.6. The predicted molar refractivity (Wildman–Crippen MR) is 98.8 cm³/mol. The van der Waals surface area contributed by atoms with E-state index in [-0.39, 0.29) is 5.91 Å². The molecule has 3 rings (SSSR count). The van der Waals surface area contributed by atoms with Crippen LogP contribution in [0.3, 0.4) is 0 Å². The number of rotatable bonds is 2. The maximum Gasteiger partial charge on any atom is 0.286 e. The lowest BCUT2D eigenvalue weighted by molar-refractivity contribution is -0.113. The van der Waals surface area contributed by atoms with Crippen molar-refractivity contribution in [2.75, 3.05) is 32.1 Å². The second kappa shape index (κ2) is 7.21. The number of amides is 1. The molecule has 1 fully saturated rings. The van der Waals surface area contributed by atoms with E-state index in [4.69, 9.17) is 0 Å². The zero-order valence-electron chi connectivity index (χ0n) is 13.8. The fourth-order valence-electron chi connectivity index (χ4n) is 2.82. The van der Waals surface area contributed by atoms with Gasteiger partial charge >= 0.3 is 0 Å². The average molecular weight is 329 g/mol. The number of carbonyl (C=O) groups is 1. The van der Waals surface area contributed by atoms with Crippen LogP contribution in [-0.2, 0) is 4.79 Å². The summed E-state index contributed by atoms with van der Waals surface area (Å²) in [6, 6.07) is 8.21. The number of benzene rings is 1. The second-order valence-corrected chi connectivity index (χ2v) is 7.21. The normalized spacial score (nSPS) is 20.6. The number of amidine groups is 1. The molecule has 23 heavy (non-hydrogen) atoms. The van der Waals surface area contributed by atoms with Gasteiger partial charge in [-0.05, 0) is 48.4 Å². The number of hydrogen-bond donors (Lipinski definition) is 0. The molecule has 0 unspecified atom stereocenters. The molecule has 2 aliphatic rings. The first-order chi connectivity index (χ1) is 11.1. The molecule has 1 amide bonds. The van der Waals surface area contributed by atoms with Gasteiger partial charge in [-0.15, -0.1) is 0 Å². The molecule has 0 radical (unpaired) electrons. The van der Waals surface area contributed by atoms with Crippen LogP contribution < -0.4 is 4.90 Å². The molecule has 1 aromatic carbocycles. The molecule has 2 aliphatic heterocycles. The van der Waals surface area contributed by atoms with Gasteiger partial charge in [0.05, 0.1) is 4.91 Å². The van der Waals surface area contributed by atoms with E-state index in [0.717, 1.165) is 34.4 Å². The molecule has 0 spiro atoms. The lowest BCUT2D eigenvalue weighted by Crippen LogP contribution is -2.28. The van der Waals surface area contributed by atoms with E-state index >= 15 is 0 Å². The Labute approximate surface area is 142 Å². The van der Waals surface area contributed by atoms with Gasteiger partial charge in [0.2, 0.25) is 0 Å². The Morgan fingerprint density at radius 3 is 2.35 bits per heavy atom. The summed E-state index contributed by atoms with van der Waals surface area (Å²) in [4.78, 5) is 21.5. The first kappa shape index (κ1) is 16.1. The minimum atomic E-state index is -0.106. The van der Waals surface area contributed by atoms with Crippen molar-refractivity contribution in [2.45, 2.75) is 25.7 Å². The van der Waals surface area contributed by atoms with Crippen LogP contribution in [0.4, 0.5) is 5.69 Å². The number of carbonyl (C=O) groups excluding carboxylic acids is 1. The van der Waals surface area contributed by atoms with Gasteiger partial charge in [0.25, 0.3) is 5.91 Å². The van der Waals surface area contributed by atoms with E-state index < -0.39 is 0 Å². The van der Waals surface area contributed by atoms with Crippen LogP contribution in [0, 0.1) is 0 Å². The number of aliphatic imine (C=N–C) groups is 1. The number of thioether (sulfide) groups is 1. The lowest BCUT2D eigenvalue weighted by atomic mass is 10.2. The van der Waals surface area contributed by atoms with Crippen molar-refractivity contribution in [1.82, 2.24) is 4.90 Å². The summed E-state index contributed by atoms with van der Waals surface area (Å²) in [5, 5.41) is 0.882. The smallest absolute Gasteiger partial charge is 0.286 e. The average Bonchev–Trinajstić information content (AvgIpc) is 2.76. The highest BCUT2D eigenvalue weighted by Crippen LogP contribution is 2.31. The summed E-state index contributed by atoms with van der Waals surface area (Å²) in [6.45, 7) is 2.04. The van der Waals surface area contributed by atoms with Crippen molar-refractivity contribution < 1.29 is 4.79 Å². The van der Waals surface area contributed by atoms with Crippen molar-refractivity contribution in [3.8, 4) is 0 Å². The summed E-state index contributed by atoms with van der Waals surface area (Å²) >= 11 is 1.52. The predicted octanol–water partition coefficient (Wildman–Crippen LogP) is 3.60. The quantitative estimate of drug-likeness (QED) is 0.777. The van der Waals surface area contributed by atoms with E-state index in [1.807, 2.05) is 32.3 Å². The summed E-state index contributed by atoms with van der Waals surface area (Å²) in [5.41, 5.74) is 2.19. The molecule has 0 bridgehead atoms. The Kier molecular flexibility index (Phi) is 5.06. The van der Waals surface area contributed by atoms with Crippen molar-refractivity contribution in [1.29, 1.82) is 0 Å². The molecule has 0 aliphatic carbocycles. The van der Waals surface area contributed by atoms with Gasteiger partial charge < -0.3 is 9.80 Å². The maximum absolute atomic E-state index is 12.2. The molecule has 0 N–H and O–H groups in total. The SMILES string of the molecule is CN(C)c1ccc(/C=C2/SC(N3CCCCCC3)=NC2=O)cc1. The molecule has 1 saturated heterocycles. The Morgan fingerprint density at radius 1 is 1.09 bits per heavy atom. The highest BCUT2D eigenvalue weighted by atomic mass is 32.2. The Morgan fingerprint density at radius 2 is 1.74 bits per heavy atom. The Bertz CT molecular complexity index is 626. The number of nitrogens with zero attached hydrogens (tertiary/aromatic N) is 3. The topological polar surface area (TPSA) is 35.9 Å². The fourth-order valence-corrected chi connectivity index (χ4v) is 3.78. The van der Waals surface area contributed by atoms with E-state index in [1.165, 1.54) is 37.4 Å². The number of hydrogen-bond acceptors (Lipinski definition) is 4. The molecule has 2 heterocycles. The highest BCUT2D eigenvalue weighted by molar-refractivity contribution is 8.18. The summed E-state index contributed by atoms with van der Waals surface area (Å²) in [5.74, 6) is -0.106. The molecule has 0 saturated carbocycles. The molecule has 1 aromatic rings.